The smallest absolute Gasteiger partial charge is 0.213 e. The Morgan fingerprint density at radius 3 is 2.48 bits per heavy atom. The number of hydrogen-bond donors (Lipinski definition) is 1. The van der Waals surface area contributed by atoms with E-state index in [1.807, 2.05) is 18.2 Å². The van der Waals surface area contributed by atoms with Crippen LogP contribution in [0.25, 0.3) is 33.8 Å². The summed E-state index contributed by atoms with van der Waals surface area (Å²) in [4.78, 5) is 0. The summed E-state index contributed by atoms with van der Waals surface area (Å²) in [5.41, 5.74) is 9.20. The highest BCUT2D eigenvalue weighted by atomic mass is 16.5. The summed E-state index contributed by atoms with van der Waals surface area (Å²) < 4.78 is 13.2. The highest BCUT2D eigenvalue weighted by molar-refractivity contribution is 5.95. The van der Waals surface area contributed by atoms with Crippen LogP contribution in [0.15, 0.2) is 66.7 Å². The third-order valence-corrected chi connectivity index (χ3v) is 5.19. The molecule has 0 radical (unpaired) electrons. The quantitative estimate of drug-likeness (QED) is 0.500. The number of nitrogens with zero attached hydrogens (tertiary/aromatic N) is 1. The average molecular weight is 385 g/mol. The van der Waals surface area contributed by atoms with Gasteiger partial charge in [0.15, 0.2) is 6.54 Å². The van der Waals surface area contributed by atoms with E-state index in [4.69, 9.17) is 15.2 Å². The van der Waals surface area contributed by atoms with Crippen LogP contribution in [0, 0.1) is 0 Å². The molecule has 4 rings (SSSR count). The molecule has 0 aliphatic heterocycles. The molecular weight excluding hydrogens is 360 g/mol. The van der Waals surface area contributed by atoms with Gasteiger partial charge in [0.2, 0.25) is 11.2 Å². The molecule has 0 spiro atoms. The largest absolute Gasteiger partial charge is 0.497 e. The van der Waals surface area contributed by atoms with Gasteiger partial charge in [0, 0.05) is 23.8 Å². The second-order valence-electron chi connectivity index (χ2n) is 6.86. The van der Waals surface area contributed by atoms with Gasteiger partial charge >= 0.3 is 0 Å². The number of pyridine rings is 1. The minimum Gasteiger partial charge on any atom is -0.497 e. The van der Waals surface area contributed by atoms with E-state index in [2.05, 4.69) is 65.3 Å². The van der Waals surface area contributed by atoms with Crippen molar-refractivity contribution in [3.63, 3.8) is 0 Å². The van der Waals surface area contributed by atoms with E-state index in [1.165, 1.54) is 10.8 Å². The Morgan fingerprint density at radius 2 is 1.69 bits per heavy atom. The van der Waals surface area contributed by atoms with Crippen molar-refractivity contribution in [1.29, 1.82) is 0 Å². The summed E-state index contributed by atoms with van der Waals surface area (Å²) in [6.07, 6.45) is 4.25. The number of ether oxygens (including phenoxy) is 2. The molecule has 4 nitrogen and oxygen atoms in total. The first kappa shape index (κ1) is 19.0. The topological polar surface area (TPSA) is 48.4 Å². The number of hydrogen-bond acceptors (Lipinski definition) is 3. The van der Waals surface area contributed by atoms with Gasteiger partial charge in [0.05, 0.1) is 26.2 Å². The van der Waals surface area contributed by atoms with Crippen molar-refractivity contribution in [2.24, 2.45) is 5.73 Å². The van der Waals surface area contributed by atoms with E-state index >= 15 is 0 Å². The van der Waals surface area contributed by atoms with Crippen molar-refractivity contribution >= 4 is 33.8 Å². The summed E-state index contributed by atoms with van der Waals surface area (Å²) >= 11 is 0. The van der Waals surface area contributed by atoms with Gasteiger partial charge in [-0.25, -0.2) is 0 Å². The van der Waals surface area contributed by atoms with Crippen LogP contribution in [0.1, 0.15) is 11.3 Å². The summed E-state index contributed by atoms with van der Waals surface area (Å²) in [7, 11) is 3.39. The Hall–Kier alpha value is -3.37. The first-order valence-electron chi connectivity index (χ1n) is 9.69. The highest BCUT2D eigenvalue weighted by Gasteiger charge is 2.14. The number of nitrogens with two attached hydrogens (primary N) is 1. The van der Waals surface area contributed by atoms with Gasteiger partial charge in [-0.1, -0.05) is 30.3 Å². The molecule has 146 valence electrons. The number of benzene rings is 3. The van der Waals surface area contributed by atoms with Crippen molar-refractivity contribution in [2.45, 2.75) is 6.54 Å². The van der Waals surface area contributed by atoms with Crippen molar-refractivity contribution in [3.8, 4) is 11.5 Å². The monoisotopic (exact) mass is 385 g/mol. The SMILES string of the molecule is COc1ccc2c(ccc(/C=C/c3c(OC)ccc4ccccc34)[n+]2CCN)c1. The summed E-state index contributed by atoms with van der Waals surface area (Å²) in [6, 6.07) is 22.8. The maximum atomic E-state index is 5.91. The lowest BCUT2D eigenvalue weighted by Gasteiger charge is -2.09. The molecule has 2 N–H and O–H groups in total. The molecule has 0 atom stereocenters. The molecule has 0 fully saturated rings. The number of methoxy groups -OCH3 is 2. The third-order valence-electron chi connectivity index (χ3n) is 5.19. The summed E-state index contributed by atoms with van der Waals surface area (Å²) in [5, 5.41) is 3.48. The zero-order chi connectivity index (χ0) is 20.2. The number of aromatic nitrogens is 1. The van der Waals surface area contributed by atoms with Crippen LogP contribution in [-0.4, -0.2) is 20.8 Å². The molecule has 0 saturated heterocycles. The molecule has 0 aliphatic carbocycles. The standard InChI is InChI=1S/C25H25N2O2/c1-28-21-11-13-24-19(17-21)7-9-20(27(24)16-15-26)10-12-23-22-6-4-3-5-18(22)8-14-25(23)29-2/h3-14,17H,15-16,26H2,1-2H3/q+1/b12-10+. The van der Waals surface area contributed by atoms with Gasteiger partial charge in [0.1, 0.15) is 11.5 Å². The van der Waals surface area contributed by atoms with Crippen molar-refractivity contribution in [3.05, 3.63) is 78.0 Å². The van der Waals surface area contributed by atoms with Crippen molar-refractivity contribution in [1.82, 2.24) is 0 Å². The number of fused-ring (bicyclic) bond motifs is 2. The molecule has 0 saturated carbocycles. The van der Waals surface area contributed by atoms with E-state index in [0.717, 1.165) is 40.2 Å². The Labute approximate surface area is 170 Å². The molecule has 0 amide bonds. The van der Waals surface area contributed by atoms with E-state index in [-0.39, 0.29) is 0 Å². The van der Waals surface area contributed by atoms with Crippen LogP contribution in [0.3, 0.4) is 0 Å². The molecule has 1 aromatic heterocycles. The molecule has 4 heteroatoms. The van der Waals surface area contributed by atoms with Crippen LogP contribution in [0.5, 0.6) is 11.5 Å². The summed E-state index contributed by atoms with van der Waals surface area (Å²) in [5.74, 6) is 1.71. The van der Waals surface area contributed by atoms with Gasteiger partial charge in [-0.15, -0.1) is 0 Å². The van der Waals surface area contributed by atoms with E-state index in [1.54, 1.807) is 14.2 Å². The lowest BCUT2D eigenvalue weighted by atomic mass is 10.0. The molecule has 0 bridgehead atoms. The second-order valence-corrected chi connectivity index (χ2v) is 6.86. The van der Waals surface area contributed by atoms with Gasteiger partial charge in [-0.2, -0.15) is 4.57 Å². The van der Waals surface area contributed by atoms with Crippen LogP contribution < -0.4 is 19.8 Å². The normalized spacial score (nSPS) is 11.4. The minimum absolute atomic E-state index is 0.564. The molecule has 1 heterocycles. The maximum Gasteiger partial charge on any atom is 0.213 e. The number of rotatable bonds is 6. The Kier molecular flexibility index (Phi) is 5.45. The molecule has 0 aliphatic rings. The molecule has 0 unspecified atom stereocenters. The van der Waals surface area contributed by atoms with Gasteiger partial charge in [-0.3, -0.25) is 0 Å². The zero-order valence-electron chi connectivity index (χ0n) is 16.8. The highest BCUT2D eigenvalue weighted by Crippen LogP contribution is 2.29. The van der Waals surface area contributed by atoms with Crippen LogP contribution in [0.4, 0.5) is 0 Å². The zero-order valence-corrected chi connectivity index (χ0v) is 16.8. The Bertz CT molecular complexity index is 1200. The van der Waals surface area contributed by atoms with E-state index in [9.17, 15) is 0 Å². The Morgan fingerprint density at radius 1 is 0.862 bits per heavy atom. The molecule has 29 heavy (non-hydrogen) atoms. The fourth-order valence-corrected chi connectivity index (χ4v) is 3.76. The molecule has 4 aromatic rings. The van der Waals surface area contributed by atoms with Crippen LogP contribution in [0.2, 0.25) is 0 Å². The predicted molar refractivity (Wildman–Crippen MR) is 119 cm³/mol. The molecular formula is C25H25N2O2+. The predicted octanol–water partition coefficient (Wildman–Crippen LogP) is 4.43. The third kappa shape index (κ3) is 3.67. The van der Waals surface area contributed by atoms with Gasteiger partial charge in [-0.05, 0) is 41.1 Å². The molecule has 3 aromatic carbocycles. The van der Waals surface area contributed by atoms with Gasteiger partial charge in [0.25, 0.3) is 0 Å². The second kappa shape index (κ2) is 8.33. The minimum atomic E-state index is 0.564. The lowest BCUT2D eigenvalue weighted by Crippen LogP contribution is -2.41. The summed E-state index contributed by atoms with van der Waals surface area (Å²) in [6.45, 7) is 1.30. The van der Waals surface area contributed by atoms with Crippen molar-refractivity contribution < 1.29 is 14.0 Å². The van der Waals surface area contributed by atoms with Crippen molar-refractivity contribution in [2.75, 3.05) is 20.8 Å². The fourth-order valence-electron chi connectivity index (χ4n) is 3.76. The first-order chi connectivity index (χ1) is 14.2. The lowest BCUT2D eigenvalue weighted by molar-refractivity contribution is -0.670. The fraction of sp³-hybridized carbons (Fsp3) is 0.160. The first-order valence-corrected chi connectivity index (χ1v) is 9.69. The van der Waals surface area contributed by atoms with E-state index < -0.39 is 0 Å². The van der Waals surface area contributed by atoms with E-state index in [0.29, 0.717) is 6.54 Å². The maximum absolute atomic E-state index is 5.91. The average Bonchev–Trinajstić information content (AvgIpc) is 2.77. The van der Waals surface area contributed by atoms with Crippen LogP contribution in [-0.2, 0) is 6.54 Å². The Balaban J connectivity index is 1.85. The van der Waals surface area contributed by atoms with Gasteiger partial charge < -0.3 is 15.2 Å². The van der Waals surface area contributed by atoms with Crippen LogP contribution >= 0.6 is 0 Å².